The highest BCUT2D eigenvalue weighted by molar-refractivity contribution is 7.90. The van der Waals surface area contributed by atoms with Crippen LogP contribution < -0.4 is 0 Å². The van der Waals surface area contributed by atoms with Crippen LogP contribution in [0.5, 0.6) is 0 Å². The van der Waals surface area contributed by atoms with Gasteiger partial charge in [-0.1, -0.05) is 12.8 Å². The van der Waals surface area contributed by atoms with Crippen molar-refractivity contribution < 1.29 is 22.7 Å². The van der Waals surface area contributed by atoms with E-state index in [2.05, 4.69) is 4.40 Å². The van der Waals surface area contributed by atoms with Gasteiger partial charge >= 0.3 is 5.97 Å². The van der Waals surface area contributed by atoms with Crippen molar-refractivity contribution >= 4 is 27.7 Å². The molecule has 0 saturated carbocycles. The summed E-state index contributed by atoms with van der Waals surface area (Å²) in [6.07, 6.45) is 7.76. The molecule has 0 radical (unpaired) electrons. The van der Waals surface area contributed by atoms with Crippen LogP contribution in [-0.4, -0.2) is 67.4 Å². The Morgan fingerprint density at radius 1 is 1.12 bits per heavy atom. The number of fused-ring (bicyclic) bond motifs is 1. The molecule has 0 aromatic heterocycles. The Balaban J connectivity index is 1.62. The summed E-state index contributed by atoms with van der Waals surface area (Å²) in [5, 5.41) is 0. The molecular formula is C17H23N3O5S. The first-order valence-corrected chi connectivity index (χ1v) is 10.5. The minimum Gasteiger partial charge on any atom is -0.449 e. The van der Waals surface area contributed by atoms with Gasteiger partial charge in [-0.05, 0) is 31.9 Å². The molecule has 142 valence electrons. The molecule has 9 heteroatoms. The highest BCUT2D eigenvalue weighted by atomic mass is 32.2. The lowest BCUT2D eigenvalue weighted by Crippen LogP contribution is -2.41. The van der Waals surface area contributed by atoms with E-state index < -0.39 is 22.1 Å². The first-order valence-electron chi connectivity index (χ1n) is 8.85. The van der Waals surface area contributed by atoms with Crippen LogP contribution in [-0.2, 0) is 24.3 Å². The summed E-state index contributed by atoms with van der Waals surface area (Å²) in [5.74, 6) is -0.606. The molecule has 1 unspecified atom stereocenters. The second-order valence-electron chi connectivity index (χ2n) is 6.63. The molecule has 0 aromatic rings. The van der Waals surface area contributed by atoms with Gasteiger partial charge in [0.25, 0.3) is 15.9 Å². The van der Waals surface area contributed by atoms with Crippen molar-refractivity contribution in [2.24, 2.45) is 4.40 Å². The summed E-state index contributed by atoms with van der Waals surface area (Å²) in [4.78, 5) is 28.2. The minimum atomic E-state index is -3.44. The van der Waals surface area contributed by atoms with Crippen LogP contribution in [0.3, 0.4) is 0 Å². The Bertz CT molecular complexity index is 776. The largest absolute Gasteiger partial charge is 0.449 e. The Morgan fingerprint density at radius 2 is 1.81 bits per heavy atom. The molecule has 26 heavy (non-hydrogen) atoms. The van der Waals surface area contributed by atoms with Gasteiger partial charge in [-0.3, -0.25) is 4.79 Å². The first kappa shape index (κ1) is 18.6. The van der Waals surface area contributed by atoms with Crippen molar-refractivity contribution in [3.05, 3.63) is 23.9 Å². The molecule has 0 bridgehead atoms. The lowest BCUT2D eigenvalue weighted by atomic mass is 10.2. The number of ether oxygens (including phenoxy) is 1. The van der Waals surface area contributed by atoms with Crippen molar-refractivity contribution in [2.45, 2.75) is 38.7 Å². The number of nitrogens with zero attached hydrogens (tertiary/aromatic N) is 3. The van der Waals surface area contributed by atoms with E-state index in [0.29, 0.717) is 13.1 Å². The molecule has 1 fully saturated rings. The van der Waals surface area contributed by atoms with E-state index >= 15 is 0 Å². The van der Waals surface area contributed by atoms with Crippen molar-refractivity contribution in [2.75, 3.05) is 25.4 Å². The van der Waals surface area contributed by atoms with Gasteiger partial charge < -0.3 is 14.5 Å². The summed E-state index contributed by atoms with van der Waals surface area (Å²) in [5.41, 5.74) is 0.263. The third kappa shape index (κ3) is 4.32. The van der Waals surface area contributed by atoms with Gasteiger partial charge in [0.1, 0.15) is 5.84 Å². The Morgan fingerprint density at radius 3 is 2.50 bits per heavy atom. The predicted molar refractivity (Wildman–Crippen MR) is 95.8 cm³/mol. The predicted octanol–water partition coefficient (Wildman–Crippen LogP) is 0.818. The number of esters is 1. The van der Waals surface area contributed by atoms with Crippen LogP contribution in [0.15, 0.2) is 28.3 Å². The van der Waals surface area contributed by atoms with E-state index in [9.17, 15) is 18.0 Å². The fraction of sp³-hybridized carbons (Fsp3) is 0.588. The van der Waals surface area contributed by atoms with E-state index in [-0.39, 0.29) is 29.6 Å². The quantitative estimate of drug-likeness (QED) is 0.672. The van der Waals surface area contributed by atoms with Gasteiger partial charge in [0, 0.05) is 25.8 Å². The molecule has 1 saturated heterocycles. The Kier molecular flexibility index (Phi) is 5.45. The molecule has 1 amide bonds. The van der Waals surface area contributed by atoms with Crippen molar-refractivity contribution in [3.8, 4) is 0 Å². The van der Waals surface area contributed by atoms with Crippen LogP contribution in [0.4, 0.5) is 0 Å². The molecule has 3 heterocycles. The number of carbonyl (C=O) groups excluding carboxylic acids is 2. The lowest BCUT2D eigenvalue weighted by Gasteiger charge is -2.27. The monoisotopic (exact) mass is 381 g/mol. The number of amidine groups is 1. The number of sulfonamides is 1. The highest BCUT2D eigenvalue weighted by Crippen LogP contribution is 2.18. The fourth-order valence-corrected chi connectivity index (χ4v) is 4.12. The number of likely N-dealkylation sites (tertiary alicyclic amines) is 1. The van der Waals surface area contributed by atoms with Gasteiger partial charge in [-0.25, -0.2) is 13.2 Å². The second-order valence-corrected chi connectivity index (χ2v) is 8.39. The molecule has 0 spiro atoms. The molecule has 3 aliphatic rings. The van der Waals surface area contributed by atoms with Gasteiger partial charge in [0.05, 0.1) is 11.3 Å². The smallest absolute Gasteiger partial charge is 0.340 e. The number of hydrogen-bond acceptors (Lipinski definition) is 6. The average Bonchev–Trinajstić information content (AvgIpc) is 2.89. The summed E-state index contributed by atoms with van der Waals surface area (Å²) in [7, 11) is -3.44. The SMILES string of the molecule is CC(OC(=O)C1=CN2CCS(=O)(=O)N=C2C=C1)C(=O)N1CCCCCC1. The summed E-state index contributed by atoms with van der Waals surface area (Å²) in [6, 6.07) is 0. The Hall–Kier alpha value is -2.16. The topological polar surface area (TPSA) is 96.3 Å². The standard InChI is InChI=1S/C17H23N3O5S/c1-13(16(21)19-8-4-2-3-5-9-19)25-17(22)14-6-7-15-18-26(23,24)11-10-20(15)12-14/h6-7,12-13H,2-5,8-11H2,1H3. The van der Waals surface area contributed by atoms with Crippen molar-refractivity contribution in [1.82, 2.24) is 9.80 Å². The third-order valence-corrected chi connectivity index (χ3v) is 5.77. The molecule has 0 N–H and O–H groups in total. The van der Waals surface area contributed by atoms with E-state index in [4.69, 9.17) is 4.74 Å². The van der Waals surface area contributed by atoms with Crippen LogP contribution in [0, 0.1) is 0 Å². The molecule has 3 aliphatic heterocycles. The van der Waals surface area contributed by atoms with Crippen LogP contribution in [0.25, 0.3) is 0 Å². The summed E-state index contributed by atoms with van der Waals surface area (Å²) < 4.78 is 32.0. The zero-order valence-electron chi connectivity index (χ0n) is 14.8. The molecule has 3 rings (SSSR count). The number of amides is 1. The second kappa shape index (κ2) is 7.61. The maximum absolute atomic E-state index is 12.5. The van der Waals surface area contributed by atoms with Crippen molar-refractivity contribution in [1.29, 1.82) is 0 Å². The van der Waals surface area contributed by atoms with E-state index in [1.807, 2.05) is 0 Å². The normalized spacial score (nSPS) is 23.3. The number of hydrogen-bond donors (Lipinski definition) is 0. The fourth-order valence-electron chi connectivity index (χ4n) is 3.15. The highest BCUT2D eigenvalue weighted by Gasteiger charge is 2.28. The van der Waals surface area contributed by atoms with Gasteiger partial charge in [0.2, 0.25) is 0 Å². The van der Waals surface area contributed by atoms with Crippen LogP contribution in [0.1, 0.15) is 32.6 Å². The molecule has 0 aromatic carbocycles. The molecular weight excluding hydrogens is 358 g/mol. The summed E-state index contributed by atoms with van der Waals surface area (Å²) in [6.45, 7) is 3.21. The maximum Gasteiger partial charge on any atom is 0.340 e. The van der Waals surface area contributed by atoms with Crippen LogP contribution >= 0.6 is 0 Å². The summed E-state index contributed by atoms with van der Waals surface area (Å²) >= 11 is 0. The molecule has 1 atom stereocenters. The van der Waals surface area contributed by atoms with Gasteiger partial charge in [-0.15, -0.1) is 4.40 Å². The zero-order chi connectivity index (χ0) is 18.7. The third-order valence-electron chi connectivity index (χ3n) is 4.61. The maximum atomic E-state index is 12.5. The lowest BCUT2D eigenvalue weighted by molar-refractivity contribution is -0.155. The number of carbonyl (C=O) groups is 2. The average molecular weight is 381 g/mol. The van der Waals surface area contributed by atoms with Crippen LogP contribution in [0.2, 0.25) is 0 Å². The molecule has 8 nitrogen and oxygen atoms in total. The van der Waals surface area contributed by atoms with Crippen molar-refractivity contribution in [3.63, 3.8) is 0 Å². The van der Waals surface area contributed by atoms with Gasteiger partial charge in [0.15, 0.2) is 6.10 Å². The first-order chi connectivity index (χ1) is 12.4. The van der Waals surface area contributed by atoms with Gasteiger partial charge in [-0.2, -0.15) is 0 Å². The van der Waals surface area contributed by atoms with E-state index in [1.165, 1.54) is 18.4 Å². The minimum absolute atomic E-state index is 0.104. The Labute approximate surface area is 153 Å². The van der Waals surface area contributed by atoms with E-state index in [1.54, 1.807) is 16.7 Å². The number of rotatable bonds is 3. The zero-order valence-corrected chi connectivity index (χ0v) is 15.6. The van der Waals surface area contributed by atoms with E-state index in [0.717, 1.165) is 25.7 Å². The molecule has 0 aliphatic carbocycles.